The first-order chi connectivity index (χ1) is 17.9. The number of carbonyl (C=O) groups excluding carboxylic acids is 2. The summed E-state index contributed by atoms with van der Waals surface area (Å²) in [5, 5.41) is 12.9. The Labute approximate surface area is 218 Å². The number of rotatable bonds is 5. The highest BCUT2D eigenvalue weighted by Crippen LogP contribution is 2.31. The minimum absolute atomic E-state index is 0.109. The lowest BCUT2D eigenvalue weighted by Gasteiger charge is -2.35. The van der Waals surface area contributed by atoms with Gasteiger partial charge in [-0.1, -0.05) is 67.6 Å². The molecule has 1 heterocycles. The van der Waals surface area contributed by atoms with Crippen LogP contribution in [0, 0.1) is 5.92 Å². The maximum Gasteiger partial charge on any atom is 0.321 e. The summed E-state index contributed by atoms with van der Waals surface area (Å²) in [6, 6.07) is 24.2. The fourth-order valence-electron chi connectivity index (χ4n) is 4.64. The highest BCUT2D eigenvalue weighted by atomic mass is 16.5. The van der Waals surface area contributed by atoms with Crippen molar-refractivity contribution in [2.75, 3.05) is 32.1 Å². The van der Waals surface area contributed by atoms with E-state index in [-0.39, 0.29) is 36.6 Å². The monoisotopic (exact) mass is 501 g/mol. The smallest absolute Gasteiger partial charge is 0.321 e. The van der Waals surface area contributed by atoms with Crippen LogP contribution in [0.2, 0.25) is 0 Å². The van der Waals surface area contributed by atoms with E-state index in [1.165, 1.54) is 0 Å². The third-order valence-corrected chi connectivity index (χ3v) is 6.92. The second kappa shape index (κ2) is 12.0. The van der Waals surface area contributed by atoms with Crippen molar-refractivity contribution >= 4 is 17.6 Å². The Morgan fingerprint density at radius 3 is 2.35 bits per heavy atom. The molecule has 37 heavy (non-hydrogen) atoms. The molecule has 3 atom stereocenters. The molecular formula is C30H35N3O4. The molecule has 3 amide bonds. The second-order valence-electron chi connectivity index (χ2n) is 9.70. The minimum Gasteiger partial charge on any atom is -0.394 e. The van der Waals surface area contributed by atoms with Crippen LogP contribution in [0.3, 0.4) is 0 Å². The van der Waals surface area contributed by atoms with Crippen molar-refractivity contribution in [3.05, 3.63) is 90.0 Å². The van der Waals surface area contributed by atoms with Crippen molar-refractivity contribution in [2.45, 2.75) is 32.6 Å². The van der Waals surface area contributed by atoms with Gasteiger partial charge < -0.3 is 25.0 Å². The summed E-state index contributed by atoms with van der Waals surface area (Å²) in [6.45, 7) is 4.78. The summed E-state index contributed by atoms with van der Waals surface area (Å²) in [5.74, 6) is -0.239. The molecule has 0 saturated heterocycles. The first-order valence-electron chi connectivity index (χ1n) is 12.7. The summed E-state index contributed by atoms with van der Waals surface area (Å²) in [7, 11) is 1.74. The number of benzene rings is 3. The van der Waals surface area contributed by atoms with Gasteiger partial charge in [0, 0.05) is 37.3 Å². The zero-order chi connectivity index (χ0) is 26.4. The number of carbonyl (C=O) groups is 2. The summed E-state index contributed by atoms with van der Waals surface area (Å²) in [6.07, 6.45) is -0.345. The molecule has 0 aromatic heterocycles. The normalized spacial score (nSPS) is 18.7. The van der Waals surface area contributed by atoms with Crippen LogP contribution < -0.4 is 5.32 Å². The third-order valence-electron chi connectivity index (χ3n) is 6.92. The van der Waals surface area contributed by atoms with Gasteiger partial charge in [-0.3, -0.25) is 4.79 Å². The summed E-state index contributed by atoms with van der Waals surface area (Å²) in [5.41, 5.74) is 4.06. The van der Waals surface area contributed by atoms with E-state index in [2.05, 4.69) is 5.32 Å². The van der Waals surface area contributed by atoms with E-state index in [1.54, 1.807) is 16.8 Å². The van der Waals surface area contributed by atoms with Gasteiger partial charge in [0.2, 0.25) is 0 Å². The molecular weight excluding hydrogens is 466 g/mol. The number of aliphatic hydroxyl groups excluding tert-OH is 1. The highest BCUT2D eigenvalue weighted by molar-refractivity contribution is 6.01. The molecule has 7 heteroatoms. The predicted octanol–water partition coefficient (Wildman–Crippen LogP) is 4.88. The Morgan fingerprint density at radius 1 is 1.03 bits per heavy atom. The zero-order valence-electron chi connectivity index (χ0n) is 21.6. The van der Waals surface area contributed by atoms with Crippen molar-refractivity contribution in [2.24, 2.45) is 5.92 Å². The molecule has 0 unspecified atom stereocenters. The van der Waals surface area contributed by atoms with Crippen molar-refractivity contribution in [3.8, 4) is 11.1 Å². The fourth-order valence-corrected chi connectivity index (χ4v) is 4.64. The lowest BCUT2D eigenvalue weighted by atomic mass is 9.94. The molecule has 1 aliphatic rings. The van der Waals surface area contributed by atoms with E-state index in [0.29, 0.717) is 25.3 Å². The molecule has 4 rings (SSSR count). The summed E-state index contributed by atoms with van der Waals surface area (Å²) >= 11 is 0. The first-order valence-corrected chi connectivity index (χ1v) is 12.7. The number of nitrogens with one attached hydrogen (secondary N) is 1. The summed E-state index contributed by atoms with van der Waals surface area (Å²) in [4.78, 5) is 30.1. The van der Waals surface area contributed by atoms with Crippen LogP contribution in [0.1, 0.15) is 29.8 Å². The van der Waals surface area contributed by atoms with Gasteiger partial charge in [0.25, 0.3) is 5.91 Å². The molecule has 3 aromatic carbocycles. The van der Waals surface area contributed by atoms with Crippen molar-refractivity contribution in [3.63, 3.8) is 0 Å². The van der Waals surface area contributed by atoms with Crippen LogP contribution in [-0.4, -0.2) is 65.7 Å². The number of hydrogen-bond donors (Lipinski definition) is 2. The fraction of sp³-hybridized carbons (Fsp3) is 0.333. The Bertz CT molecular complexity index is 1220. The molecule has 0 spiro atoms. The Morgan fingerprint density at radius 2 is 1.65 bits per heavy atom. The molecule has 0 bridgehead atoms. The van der Waals surface area contributed by atoms with Crippen LogP contribution in [0.15, 0.2) is 78.9 Å². The Hall–Kier alpha value is -3.68. The second-order valence-corrected chi connectivity index (χ2v) is 9.70. The minimum atomic E-state index is -0.376. The topological polar surface area (TPSA) is 82.1 Å². The molecule has 2 N–H and O–H groups in total. The van der Waals surface area contributed by atoms with E-state index < -0.39 is 0 Å². The number of nitrogens with zero attached hydrogens (tertiary/aromatic N) is 2. The Balaban J connectivity index is 1.66. The van der Waals surface area contributed by atoms with Gasteiger partial charge in [-0.05, 0) is 41.8 Å². The molecule has 0 aliphatic carbocycles. The Kier molecular flexibility index (Phi) is 8.58. The van der Waals surface area contributed by atoms with E-state index in [1.807, 2.05) is 92.7 Å². The number of likely N-dealkylation sites (N-methyl/N-ethyl adjacent to an activating group) is 1. The number of urea groups is 1. The van der Waals surface area contributed by atoms with Crippen molar-refractivity contribution in [1.29, 1.82) is 0 Å². The van der Waals surface area contributed by atoms with Gasteiger partial charge in [0.1, 0.15) is 0 Å². The largest absolute Gasteiger partial charge is 0.394 e. The zero-order valence-corrected chi connectivity index (χ0v) is 21.6. The number of hydrogen-bond acceptors (Lipinski definition) is 4. The average molecular weight is 502 g/mol. The number of anilines is 1. The van der Waals surface area contributed by atoms with Gasteiger partial charge in [-0.25, -0.2) is 4.79 Å². The maximum atomic E-state index is 13.9. The van der Waals surface area contributed by atoms with Crippen LogP contribution in [-0.2, 0) is 11.3 Å². The van der Waals surface area contributed by atoms with E-state index in [4.69, 9.17) is 4.74 Å². The molecule has 7 nitrogen and oxygen atoms in total. The van der Waals surface area contributed by atoms with Crippen LogP contribution in [0.5, 0.6) is 0 Å². The van der Waals surface area contributed by atoms with Gasteiger partial charge in [-0.15, -0.1) is 0 Å². The SMILES string of the molecule is C[C@H]1CN([C@@H](C)CO)C(=O)c2ccccc2-c2ccccc2CO[C@H]1CN(C)C(=O)Nc1ccccc1. The first kappa shape index (κ1) is 26.4. The van der Waals surface area contributed by atoms with Crippen molar-refractivity contribution < 1.29 is 19.4 Å². The number of para-hydroxylation sites is 1. The number of amides is 3. The molecule has 0 radical (unpaired) electrons. The van der Waals surface area contributed by atoms with Crippen LogP contribution in [0.4, 0.5) is 10.5 Å². The summed E-state index contributed by atoms with van der Waals surface area (Å²) < 4.78 is 6.47. The molecule has 0 fully saturated rings. The van der Waals surface area contributed by atoms with Crippen LogP contribution in [0.25, 0.3) is 11.1 Å². The van der Waals surface area contributed by atoms with E-state index in [0.717, 1.165) is 22.4 Å². The van der Waals surface area contributed by atoms with E-state index >= 15 is 0 Å². The average Bonchev–Trinajstić information content (AvgIpc) is 2.94. The van der Waals surface area contributed by atoms with Gasteiger partial charge in [0.15, 0.2) is 0 Å². The number of ether oxygens (including phenoxy) is 1. The highest BCUT2D eigenvalue weighted by Gasteiger charge is 2.31. The molecule has 1 aliphatic heterocycles. The maximum absolute atomic E-state index is 13.9. The lowest BCUT2D eigenvalue weighted by molar-refractivity contribution is -0.0178. The third kappa shape index (κ3) is 6.18. The van der Waals surface area contributed by atoms with Crippen molar-refractivity contribution in [1.82, 2.24) is 9.80 Å². The quantitative estimate of drug-likeness (QED) is 0.522. The molecule has 194 valence electrons. The molecule has 3 aromatic rings. The predicted molar refractivity (Wildman–Crippen MR) is 145 cm³/mol. The van der Waals surface area contributed by atoms with Crippen LogP contribution >= 0.6 is 0 Å². The van der Waals surface area contributed by atoms with Gasteiger partial charge in [0.05, 0.1) is 25.4 Å². The number of fused-ring (bicyclic) bond motifs is 3. The van der Waals surface area contributed by atoms with Gasteiger partial charge in [-0.2, -0.15) is 0 Å². The number of aliphatic hydroxyl groups is 1. The lowest BCUT2D eigenvalue weighted by Crippen LogP contribution is -2.48. The molecule has 0 saturated carbocycles. The van der Waals surface area contributed by atoms with E-state index in [9.17, 15) is 14.7 Å². The van der Waals surface area contributed by atoms with Gasteiger partial charge >= 0.3 is 6.03 Å². The standard InChI is InChI=1S/C30H35N3O4/c1-21-17-33(22(2)19-34)29(35)27-16-10-9-15-26(27)25-14-8-7-11-23(25)20-37-28(21)18-32(3)30(36)31-24-12-5-4-6-13-24/h4-16,21-22,28,34H,17-20H2,1-3H3,(H,31,36)/t21-,22-,28-/m0/s1.